The topological polar surface area (TPSA) is 72.0 Å². The Hall–Kier alpha value is -1.53. The van der Waals surface area contributed by atoms with Gasteiger partial charge in [-0.1, -0.05) is 18.3 Å². The van der Waals surface area contributed by atoms with Gasteiger partial charge in [-0.05, 0) is 18.6 Å². The molecule has 0 fully saturated rings. The van der Waals surface area contributed by atoms with Crippen LogP contribution in [0.1, 0.15) is 23.9 Å². The summed E-state index contributed by atoms with van der Waals surface area (Å²) in [7, 11) is 0. The Kier molecular flexibility index (Phi) is 3.08. The predicted octanol–water partition coefficient (Wildman–Crippen LogP) is 1.91. The molecule has 0 aliphatic rings. The van der Waals surface area contributed by atoms with Crippen molar-refractivity contribution in [1.82, 2.24) is 9.97 Å². The van der Waals surface area contributed by atoms with Crippen molar-refractivity contribution in [2.45, 2.75) is 18.9 Å². The lowest BCUT2D eigenvalue weighted by atomic mass is 9.94. The van der Waals surface area contributed by atoms with E-state index in [-0.39, 0.29) is 0 Å². The second kappa shape index (κ2) is 4.38. The molecular weight excluding hydrogens is 241 g/mol. The maximum Gasteiger partial charge on any atom is 0.180 e. The number of pyridine rings is 1. The zero-order chi connectivity index (χ0) is 12.5. The number of nitrogen functional groups attached to an aromatic ring is 1. The largest absolute Gasteiger partial charge is 0.378 e. The van der Waals surface area contributed by atoms with Crippen LogP contribution >= 0.6 is 11.3 Å². The highest BCUT2D eigenvalue weighted by molar-refractivity contribution is 7.15. The molecule has 6 heteroatoms. The number of aromatic nitrogens is 2. The molecule has 0 aliphatic heterocycles. The number of halogens is 1. The van der Waals surface area contributed by atoms with E-state index in [0.29, 0.717) is 22.1 Å². The van der Waals surface area contributed by atoms with Gasteiger partial charge in [0.05, 0.1) is 16.8 Å². The Morgan fingerprint density at radius 3 is 2.65 bits per heavy atom. The van der Waals surface area contributed by atoms with E-state index in [2.05, 4.69) is 9.97 Å². The molecule has 17 heavy (non-hydrogen) atoms. The summed E-state index contributed by atoms with van der Waals surface area (Å²) in [5.41, 5.74) is 4.68. The van der Waals surface area contributed by atoms with Crippen molar-refractivity contribution >= 4 is 16.5 Å². The highest BCUT2D eigenvalue weighted by Gasteiger charge is 2.33. The number of nitrogens with zero attached hydrogens (tertiary/aromatic N) is 2. The second-order valence-electron chi connectivity index (χ2n) is 3.64. The summed E-state index contributed by atoms with van der Waals surface area (Å²) in [5.74, 6) is -0.434. The van der Waals surface area contributed by atoms with Gasteiger partial charge in [0.15, 0.2) is 5.13 Å². The summed E-state index contributed by atoms with van der Waals surface area (Å²) < 4.78 is 12.8. The zero-order valence-electron chi connectivity index (χ0n) is 9.22. The Bertz CT molecular complexity index is 514. The molecule has 3 N–H and O–H groups in total. The second-order valence-corrected chi connectivity index (χ2v) is 4.70. The van der Waals surface area contributed by atoms with E-state index in [1.165, 1.54) is 29.7 Å². The van der Waals surface area contributed by atoms with Crippen molar-refractivity contribution in [3.05, 3.63) is 40.9 Å². The van der Waals surface area contributed by atoms with Crippen LogP contribution in [0, 0.1) is 5.82 Å². The van der Waals surface area contributed by atoms with Crippen LogP contribution in [0.25, 0.3) is 0 Å². The number of nitrogens with two attached hydrogens (primary N) is 1. The lowest BCUT2D eigenvalue weighted by molar-refractivity contribution is 0.0754. The van der Waals surface area contributed by atoms with Crippen LogP contribution in [0.3, 0.4) is 0 Å². The molecule has 1 unspecified atom stereocenters. The average Bonchev–Trinajstić information content (AvgIpc) is 2.76. The van der Waals surface area contributed by atoms with Gasteiger partial charge in [-0.2, -0.15) is 0 Å². The number of hydrogen-bond acceptors (Lipinski definition) is 5. The van der Waals surface area contributed by atoms with Crippen molar-refractivity contribution in [2.24, 2.45) is 0 Å². The van der Waals surface area contributed by atoms with Gasteiger partial charge < -0.3 is 10.8 Å². The van der Waals surface area contributed by atoms with Gasteiger partial charge in [-0.25, -0.2) is 9.37 Å². The maximum atomic E-state index is 12.8. The first-order valence-electron chi connectivity index (χ1n) is 5.12. The van der Waals surface area contributed by atoms with E-state index >= 15 is 0 Å². The Labute approximate surface area is 102 Å². The van der Waals surface area contributed by atoms with Crippen molar-refractivity contribution < 1.29 is 9.50 Å². The molecule has 0 spiro atoms. The quantitative estimate of drug-likeness (QED) is 0.876. The molecule has 2 aromatic heterocycles. The number of hydrogen-bond donors (Lipinski definition) is 2. The molecular formula is C11H12FN3OS. The Morgan fingerprint density at radius 1 is 1.41 bits per heavy atom. The van der Waals surface area contributed by atoms with Gasteiger partial charge in [-0.15, -0.1) is 0 Å². The summed E-state index contributed by atoms with van der Waals surface area (Å²) in [6.45, 7) is 1.82. The molecule has 0 aromatic carbocycles. The Balaban J connectivity index is 2.47. The number of thiazole rings is 1. The number of rotatable bonds is 3. The van der Waals surface area contributed by atoms with Crippen LogP contribution in [0.5, 0.6) is 0 Å². The standard InChI is InChI=1S/C11H12FN3OS/c1-2-11(16,9-6-15-10(13)17-9)8-4-3-7(12)5-14-8/h3-6,16H,2H2,1H3,(H2,13,15). The average molecular weight is 253 g/mol. The van der Waals surface area contributed by atoms with E-state index in [0.717, 1.165) is 6.20 Å². The van der Waals surface area contributed by atoms with Crippen LogP contribution in [-0.4, -0.2) is 15.1 Å². The van der Waals surface area contributed by atoms with Gasteiger partial charge in [0.2, 0.25) is 0 Å². The molecule has 0 saturated heterocycles. The first-order valence-corrected chi connectivity index (χ1v) is 5.94. The molecule has 2 heterocycles. The Morgan fingerprint density at radius 2 is 2.18 bits per heavy atom. The minimum atomic E-state index is -1.26. The molecule has 0 aliphatic carbocycles. The summed E-state index contributed by atoms with van der Waals surface area (Å²) in [4.78, 5) is 8.44. The van der Waals surface area contributed by atoms with Gasteiger partial charge in [0, 0.05) is 6.20 Å². The molecule has 1 atom stereocenters. The lowest BCUT2D eigenvalue weighted by Crippen LogP contribution is -2.26. The maximum absolute atomic E-state index is 12.8. The van der Waals surface area contributed by atoms with Crippen molar-refractivity contribution in [2.75, 3.05) is 5.73 Å². The highest BCUT2D eigenvalue weighted by Crippen LogP contribution is 2.35. The van der Waals surface area contributed by atoms with Crippen molar-refractivity contribution in [3.8, 4) is 0 Å². The third-order valence-electron chi connectivity index (χ3n) is 2.59. The van der Waals surface area contributed by atoms with E-state index in [4.69, 9.17) is 5.73 Å². The monoisotopic (exact) mass is 253 g/mol. The molecule has 0 amide bonds. The van der Waals surface area contributed by atoms with Gasteiger partial charge in [0.1, 0.15) is 11.4 Å². The predicted molar refractivity (Wildman–Crippen MR) is 64.0 cm³/mol. The fourth-order valence-electron chi connectivity index (χ4n) is 1.58. The minimum Gasteiger partial charge on any atom is -0.378 e. The third kappa shape index (κ3) is 2.13. The van der Waals surface area contributed by atoms with Crippen LogP contribution < -0.4 is 5.73 Å². The van der Waals surface area contributed by atoms with Crippen molar-refractivity contribution in [1.29, 1.82) is 0 Å². The van der Waals surface area contributed by atoms with Gasteiger partial charge in [0.25, 0.3) is 0 Å². The smallest absolute Gasteiger partial charge is 0.180 e. The molecule has 0 radical (unpaired) electrons. The third-order valence-corrected chi connectivity index (χ3v) is 3.57. The summed E-state index contributed by atoms with van der Waals surface area (Å²) in [5, 5.41) is 11.0. The van der Waals surface area contributed by atoms with Crippen LogP contribution in [0.4, 0.5) is 9.52 Å². The molecule has 0 saturated carbocycles. The van der Waals surface area contributed by atoms with Crippen molar-refractivity contribution in [3.63, 3.8) is 0 Å². The molecule has 2 rings (SSSR count). The molecule has 4 nitrogen and oxygen atoms in total. The first-order chi connectivity index (χ1) is 8.06. The molecule has 2 aromatic rings. The zero-order valence-corrected chi connectivity index (χ0v) is 10.0. The van der Waals surface area contributed by atoms with E-state index in [1.54, 1.807) is 0 Å². The molecule has 90 valence electrons. The van der Waals surface area contributed by atoms with E-state index < -0.39 is 11.4 Å². The fraction of sp³-hybridized carbons (Fsp3) is 0.273. The summed E-state index contributed by atoms with van der Waals surface area (Å²) >= 11 is 1.20. The van der Waals surface area contributed by atoms with Crippen LogP contribution in [0.2, 0.25) is 0 Å². The first kappa shape index (κ1) is 11.9. The fourth-order valence-corrected chi connectivity index (χ4v) is 2.43. The normalized spacial score (nSPS) is 14.5. The van der Waals surface area contributed by atoms with Crippen LogP contribution in [0.15, 0.2) is 24.5 Å². The summed E-state index contributed by atoms with van der Waals surface area (Å²) in [6.07, 6.45) is 3.02. The number of anilines is 1. The minimum absolute atomic E-state index is 0.383. The van der Waals surface area contributed by atoms with Gasteiger partial charge in [-0.3, -0.25) is 4.98 Å². The van der Waals surface area contributed by atoms with Crippen LogP contribution in [-0.2, 0) is 5.60 Å². The SMILES string of the molecule is CCC(O)(c1ccc(F)cn1)c1cnc(N)s1. The summed E-state index contributed by atoms with van der Waals surface area (Å²) in [6, 6.07) is 2.74. The lowest BCUT2D eigenvalue weighted by Gasteiger charge is -2.24. The van der Waals surface area contributed by atoms with E-state index in [9.17, 15) is 9.50 Å². The molecule has 0 bridgehead atoms. The number of aliphatic hydroxyl groups is 1. The highest BCUT2D eigenvalue weighted by atomic mass is 32.1. The van der Waals surface area contributed by atoms with E-state index in [1.807, 2.05) is 6.92 Å². The van der Waals surface area contributed by atoms with Gasteiger partial charge >= 0.3 is 0 Å².